The average Bonchev–Trinajstić information content (AvgIpc) is 2.66. The number of carbonyl (C=O) groups is 2. The molecule has 0 saturated carbocycles. The van der Waals surface area contributed by atoms with Crippen molar-refractivity contribution in [3.8, 4) is 11.5 Å². The zero-order valence-electron chi connectivity index (χ0n) is 13.9. The van der Waals surface area contributed by atoms with Gasteiger partial charge < -0.3 is 29.9 Å². The van der Waals surface area contributed by atoms with Crippen molar-refractivity contribution in [2.45, 2.75) is 0 Å². The quantitative estimate of drug-likeness (QED) is 0.442. The fourth-order valence-corrected chi connectivity index (χ4v) is 1.63. The minimum absolute atomic E-state index is 0.0550. The summed E-state index contributed by atoms with van der Waals surface area (Å²) in [5.41, 5.74) is 0.588. The smallest absolute Gasteiger partial charge is 0.338 e. The van der Waals surface area contributed by atoms with E-state index in [0.29, 0.717) is 11.1 Å². The summed E-state index contributed by atoms with van der Waals surface area (Å²) in [6.45, 7) is -0.410. The summed E-state index contributed by atoms with van der Waals surface area (Å²) in [4.78, 5) is 23.3. The Bertz CT molecular complexity index is 618. The van der Waals surface area contributed by atoms with Crippen LogP contribution in [-0.2, 0) is 9.47 Å². The molecule has 0 saturated heterocycles. The molecule has 4 N–H and O–H groups in total. The Morgan fingerprint density at radius 3 is 1.23 bits per heavy atom. The Morgan fingerprint density at radius 2 is 0.962 bits per heavy atom. The first-order valence-electron chi connectivity index (χ1n) is 7.62. The molecule has 26 heavy (non-hydrogen) atoms. The normalized spacial score (nSPS) is 9.62. The van der Waals surface area contributed by atoms with Gasteiger partial charge in [-0.25, -0.2) is 9.59 Å². The molecule has 2 aromatic carbocycles. The van der Waals surface area contributed by atoms with Crippen molar-refractivity contribution >= 4 is 11.9 Å². The first-order chi connectivity index (χ1) is 12.5. The number of aliphatic hydroxyl groups is 2. The lowest BCUT2D eigenvalue weighted by Gasteiger charge is -2.06. The fourth-order valence-electron chi connectivity index (χ4n) is 1.63. The molecule has 8 nitrogen and oxygen atoms in total. The van der Waals surface area contributed by atoms with E-state index in [1.54, 1.807) is 0 Å². The van der Waals surface area contributed by atoms with Gasteiger partial charge in [-0.2, -0.15) is 0 Å². The third-order valence-electron chi connectivity index (χ3n) is 2.86. The van der Waals surface area contributed by atoms with Crippen LogP contribution in [-0.4, -0.2) is 58.8 Å². The number of rotatable bonds is 6. The van der Waals surface area contributed by atoms with E-state index in [0.717, 1.165) is 0 Å². The maximum absolute atomic E-state index is 11.6. The Labute approximate surface area is 149 Å². The summed E-state index contributed by atoms with van der Waals surface area (Å²) in [6, 6.07) is 11.2. The van der Waals surface area contributed by atoms with Crippen molar-refractivity contribution in [3.05, 3.63) is 59.7 Å². The van der Waals surface area contributed by atoms with E-state index >= 15 is 0 Å². The largest absolute Gasteiger partial charge is 0.508 e. The Balaban J connectivity index is 0.000000765. The third-order valence-corrected chi connectivity index (χ3v) is 2.86. The van der Waals surface area contributed by atoms with E-state index in [4.69, 9.17) is 29.9 Å². The number of hydrogen-bond donors (Lipinski definition) is 4. The van der Waals surface area contributed by atoms with E-state index in [1.807, 2.05) is 0 Å². The molecule has 0 bridgehead atoms. The van der Waals surface area contributed by atoms with Crippen molar-refractivity contribution in [2.75, 3.05) is 26.4 Å². The minimum Gasteiger partial charge on any atom is -0.508 e. The summed E-state index contributed by atoms with van der Waals surface area (Å²) >= 11 is 0. The molecule has 2 aromatic rings. The number of esters is 2. The van der Waals surface area contributed by atoms with Crippen LogP contribution in [0.4, 0.5) is 0 Å². The van der Waals surface area contributed by atoms with Crippen LogP contribution in [0.3, 0.4) is 0 Å². The highest BCUT2D eigenvalue weighted by atomic mass is 16.6. The molecular weight excluding hydrogens is 344 g/mol. The number of phenolic OH excluding ortho intramolecular Hbond substituents is 2. The number of carbonyl (C=O) groups excluding carboxylic acids is 2. The van der Waals surface area contributed by atoms with Crippen LogP contribution >= 0.6 is 0 Å². The molecule has 0 aliphatic heterocycles. The van der Waals surface area contributed by atoms with Gasteiger partial charge in [-0.1, -0.05) is 0 Å². The van der Waals surface area contributed by atoms with Crippen LogP contribution < -0.4 is 0 Å². The molecule has 8 heteroatoms. The molecule has 0 unspecified atom stereocenters. The molecule has 0 fully saturated rings. The molecule has 0 aliphatic rings. The predicted octanol–water partition coefficient (Wildman–Crippen LogP) is 1.08. The number of aliphatic hydroxyl groups excluding tert-OH is 2. The van der Waals surface area contributed by atoms with Crippen LogP contribution in [0.15, 0.2) is 48.5 Å². The monoisotopic (exact) mass is 364 g/mol. The predicted molar refractivity (Wildman–Crippen MR) is 91.0 cm³/mol. The van der Waals surface area contributed by atoms with Gasteiger partial charge in [0.25, 0.3) is 0 Å². The van der Waals surface area contributed by atoms with Crippen LogP contribution in [0, 0.1) is 0 Å². The summed E-state index contributed by atoms with van der Waals surface area (Å²) in [6.07, 6.45) is 0. The minimum atomic E-state index is -0.569. The van der Waals surface area contributed by atoms with Gasteiger partial charge >= 0.3 is 11.9 Å². The molecular formula is C18H20O8. The second-order valence-corrected chi connectivity index (χ2v) is 4.81. The maximum Gasteiger partial charge on any atom is 0.338 e. The first-order valence-corrected chi connectivity index (χ1v) is 7.62. The molecule has 0 heterocycles. The van der Waals surface area contributed by atoms with E-state index in [-0.39, 0.29) is 37.9 Å². The molecule has 0 aromatic heterocycles. The number of benzene rings is 2. The highest BCUT2D eigenvalue weighted by Crippen LogP contribution is 2.11. The van der Waals surface area contributed by atoms with Crippen molar-refractivity contribution in [2.24, 2.45) is 0 Å². The Morgan fingerprint density at radius 1 is 0.654 bits per heavy atom. The summed E-state index contributed by atoms with van der Waals surface area (Å²) in [5, 5.41) is 33.5. The lowest BCUT2D eigenvalue weighted by Crippen LogP contribution is -2.14. The number of phenols is 2. The van der Waals surface area contributed by atoms with Crippen LogP contribution in [0.25, 0.3) is 0 Å². The molecule has 0 amide bonds. The van der Waals surface area contributed by atoms with Crippen molar-refractivity contribution < 1.29 is 39.5 Å². The second kappa shape index (κ2) is 11.5. The molecule has 0 spiro atoms. The summed E-state index contributed by atoms with van der Waals surface area (Å²) < 4.78 is 9.87. The van der Waals surface area contributed by atoms with Crippen molar-refractivity contribution in [1.82, 2.24) is 0 Å². The van der Waals surface area contributed by atoms with Gasteiger partial charge in [-0.15, -0.1) is 0 Å². The lowest BCUT2D eigenvalue weighted by atomic mass is 10.2. The topological polar surface area (TPSA) is 134 Å². The molecule has 0 atom stereocenters. The standard InChI is InChI=1S/C16H14O6.C2H6O2/c17-13-5-1-11(2-6-13)15(19)21-9-10-22-16(20)12-3-7-14(18)8-4-12;3-1-2-4/h1-8,17-18H,9-10H2;3-4H,1-2H2. The molecule has 0 aliphatic carbocycles. The van der Waals surface area contributed by atoms with E-state index in [1.165, 1.54) is 48.5 Å². The fraction of sp³-hybridized carbons (Fsp3) is 0.222. The number of ether oxygens (including phenoxy) is 2. The Hall–Kier alpha value is -3.10. The van der Waals surface area contributed by atoms with E-state index in [2.05, 4.69) is 0 Å². The SMILES string of the molecule is O=C(OCCOC(=O)c1ccc(O)cc1)c1ccc(O)cc1.OCCO. The highest BCUT2D eigenvalue weighted by molar-refractivity contribution is 5.90. The van der Waals surface area contributed by atoms with Gasteiger partial charge in [0, 0.05) is 0 Å². The van der Waals surface area contributed by atoms with Gasteiger partial charge in [0.1, 0.15) is 24.7 Å². The first kappa shape index (κ1) is 20.9. The molecule has 2 rings (SSSR count). The van der Waals surface area contributed by atoms with Crippen molar-refractivity contribution in [1.29, 1.82) is 0 Å². The molecule has 140 valence electrons. The van der Waals surface area contributed by atoms with Gasteiger partial charge in [-0.05, 0) is 48.5 Å². The van der Waals surface area contributed by atoms with Gasteiger partial charge in [0.2, 0.25) is 0 Å². The van der Waals surface area contributed by atoms with Crippen molar-refractivity contribution in [3.63, 3.8) is 0 Å². The van der Waals surface area contributed by atoms with E-state index in [9.17, 15) is 9.59 Å². The Kier molecular flexibility index (Phi) is 9.23. The highest BCUT2D eigenvalue weighted by Gasteiger charge is 2.09. The number of aromatic hydroxyl groups is 2. The van der Waals surface area contributed by atoms with Gasteiger partial charge in [0.15, 0.2) is 0 Å². The van der Waals surface area contributed by atoms with Crippen LogP contribution in [0.2, 0.25) is 0 Å². The zero-order valence-corrected chi connectivity index (χ0v) is 13.9. The third kappa shape index (κ3) is 7.65. The van der Waals surface area contributed by atoms with Crippen LogP contribution in [0.5, 0.6) is 11.5 Å². The van der Waals surface area contributed by atoms with Crippen LogP contribution in [0.1, 0.15) is 20.7 Å². The summed E-state index contributed by atoms with van der Waals surface area (Å²) in [7, 11) is 0. The molecule has 0 radical (unpaired) electrons. The maximum atomic E-state index is 11.6. The van der Waals surface area contributed by atoms with Gasteiger partial charge in [0.05, 0.1) is 24.3 Å². The number of hydrogen-bond acceptors (Lipinski definition) is 8. The average molecular weight is 364 g/mol. The lowest BCUT2D eigenvalue weighted by molar-refractivity contribution is 0.0265. The summed E-state index contributed by atoms with van der Waals surface area (Å²) in [5.74, 6) is -1.03. The van der Waals surface area contributed by atoms with Gasteiger partial charge in [-0.3, -0.25) is 0 Å². The van der Waals surface area contributed by atoms with E-state index < -0.39 is 11.9 Å². The zero-order chi connectivity index (χ0) is 19.4. The second-order valence-electron chi connectivity index (χ2n) is 4.81.